The number of thioether (sulfide) groups is 2. The molecule has 0 amide bonds. The maximum Gasteiger partial charge on any atom is 0.312 e. The van der Waals surface area contributed by atoms with Gasteiger partial charge >= 0.3 is 5.97 Å². The summed E-state index contributed by atoms with van der Waals surface area (Å²) in [7, 11) is 0. The van der Waals surface area contributed by atoms with Crippen molar-refractivity contribution in [3.8, 4) is 0 Å². The van der Waals surface area contributed by atoms with Crippen molar-refractivity contribution in [1.29, 1.82) is 0 Å². The van der Waals surface area contributed by atoms with Gasteiger partial charge in [-0.2, -0.15) is 11.8 Å². The van der Waals surface area contributed by atoms with Gasteiger partial charge in [0.2, 0.25) is 0 Å². The van der Waals surface area contributed by atoms with Gasteiger partial charge in [0.1, 0.15) is 5.01 Å². The number of rotatable bonds is 3. The summed E-state index contributed by atoms with van der Waals surface area (Å²) in [5.74, 6) is 1.33. The van der Waals surface area contributed by atoms with E-state index in [0.29, 0.717) is 10.5 Å². The van der Waals surface area contributed by atoms with Crippen LogP contribution in [0.3, 0.4) is 0 Å². The number of hydrogen-bond acceptors (Lipinski definition) is 5. The zero-order valence-corrected chi connectivity index (χ0v) is 14.0. The Morgan fingerprint density at radius 1 is 1.40 bits per heavy atom. The van der Waals surface area contributed by atoms with Crippen molar-refractivity contribution in [2.45, 2.75) is 49.0 Å². The van der Waals surface area contributed by atoms with E-state index in [1.807, 2.05) is 23.5 Å². The Morgan fingerprint density at radius 2 is 2.20 bits per heavy atom. The standard InChI is InChI=1S/C14H19NO2S3/c1-2-9-12(19-7-6-18-9)13-15-11-8(14(16)17)4-3-5-10(11)20-13/h8-9,12H,2-7H2,1H3,(H,16,17). The predicted molar refractivity (Wildman–Crippen MR) is 87.2 cm³/mol. The van der Waals surface area contributed by atoms with Crippen LogP contribution >= 0.6 is 34.9 Å². The number of fused-ring (bicyclic) bond motifs is 1. The highest BCUT2D eigenvalue weighted by Crippen LogP contribution is 2.47. The average Bonchev–Trinajstić information content (AvgIpc) is 2.90. The van der Waals surface area contributed by atoms with Crippen LogP contribution in [0.4, 0.5) is 0 Å². The molecule has 20 heavy (non-hydrogen) atoms. The zero-order chi connectivity index (χ0) is 14.1. The first-order valence-electron chi connectivity index (χ1n) is 7.16. The van der Waals surface area contributed by atoms with Gasteiger partial charge in [0, 0.05) is 21.6 Å². The Hall–Kier alpha value is -0.200. The second kappa shape index (κ2) is 6.28. The van der Waals surface area contributed by atoms with Crippen LogP contribution in [-0.2, 0) is 11.2 Å². The van der Waals surface area contributed by atoms with Gasteiger partial charge < -0.3 is 5.11 Å². The number of nitrogens with zero attached hydrogens (tertiary/aromatic N) is 1. The van der Waals surface area contributed by atoms with Gasteiger partial charge in [0.05, 0.1) is 16.9 Å². The molecule has 2 aliphatic rings. The molecule has 6 heteroatoms. The van der Waals surface area contributed by atoms with Gasteiger partial charge in [-0.1, -0.05) is 6.92 Å². The van der Waals surface area contributed by atoms with E-state index in [0.717, 1.165) is 31.4 Å². The molecule has 0 bridgehead atoms. The Kier molecular flexibility index (Phi) is 4.62. The molecule has 0 spiro atoms. The molecule has 110 valence electrons. The number of carboxylic acids is 1. The van der Waals surface area contributed by atoms with Gasteiger partial charge in [0.15, 0.2) is 0 Å². The third kappa shape index (κ3) is 2.74. The molecule has 1 aromatic rings. The quantitative estimate of drug-likeness (QED) is 0.910. The van der Waals surface area contributed by atoms with Crippen molar-refractivity contribution < 1.29 is 9.90 Å². The lowest BCUT2D eigenvalue weighted by Crippen LogP contribution is -2.19. The van der Waals surface area contributed by atoms with Crippen LogP contribution in [0, 0.1) is 0 Å². The fraction of sp³-hybridized carbons (Fsp3) is 0.714. The maximum atomic E-state index is 11.4. The molecule has 3 atom stereocenters. The molecule has 2 heterocycles. The largest absolute Gasteiger partial charge is 0.481 e. The molecule has 1 aliphatic heterocycles. The molecule has 0 radical (unpaired) electrons. The minimum Gasteiger partial charge on any atom is -0.481 e. The molecular formula is C14H19NO2S3. The number of thiazole rings is 1. The van der Waals surface area contributed by atoms with E-state index < -0.39 is 5.97 Å². The van der Waals surface area contributed by atoms with E-state index in [2.05, 4.69) is 6.92 Å². The van der Waals surface area contributed by atoms with E-state index in [9.17, 15) is 9.90 Å². The molecule has 1 aliphatic carbocycles. The topological polar surface area (TPSA) is 50.2 Å². The highest BCUT2D eigenvalue weighted by atomic mass is 32.2. The van der Waals surface area contributed by atoms with Crippen molar-refractivity contribution in [2.75, 3.05) is 11.5 Å². The summed E-state index contributed by atoms with van der Waals surface area (Å²) in [6, 6.07) is 0. The number of hydrogen-bond donors (Lipinski definition) is 1. The molecule has 1 N–H and O–H groups in total. The summed E-state index contributed by atoms with van der Waals surface area (Å²) in [5.41, 5.74) is 0.870. The smallest absolute Gasteiger partial charge is 0.312 e. The summed E-state index contributed by atoms with van der Waals surface area (Å²) in [5, 5.41) is 11.6. The van der Waals surface area contributed by atoms with Crippen LogP contribution in [0.5, 0.6) is 0 Å². The van der Waals surface area contributed by atoms with Crippen LogP contribution in [0.15, 0.2) is 0 Å². The molecular weight excluding hydrogens is 310 g/mol. The van der Waals surface area contributed by atoms with Crippen molar-refractivity contribution in [1.82, 2.24) is 4.98 Å². The highest BCUT2D eigenvalue weighted by Gasteiger charge is 2.34. The maximum absolute atomic E-state index is 11.4. The van der Waals surface area contributed by atoms with Crippen LogP contribution < -0.4 is 0 Å². The van der Waals surface area contributed by atoms with Crippen molar-refractivity contribution >= 4 is 40.8 Å². The SMILES string of the molecule is CCC1SCCSC1c1nc2c(s1)CCCC2C(=O)O. The summed E-state index contributed by atoms with van der Waals surface area (Å²) >= 11 is 5.82. The Labute approximate surface area is 131 Å². The van der Waals surface area contributed by atoms with E-state index in [-0.39, 0.29) is 5.92 Å². The first-order chi connectivity index (χ1) is 9.70. The lowest BCUT2D eigenvalue weighted by Gasteiger charge is -2.28. The van der Waals surface area contributed by atoms with E-state index >= 15 is 0 Å². The average molecular weight is 330 g/mol. The molecule has 3 nitrogen and oxygen atoms in total. The molecule has 3 unspecified atom stereocenters. The highest BCUT2D eigenvalue weighted by molar-refractivity contribution is 8.06. The third-order valence-electron chi connectivity index (χ3n) is 3.97. The molecule has 1 fully saturated rings. The number of aliphatic carboxylic acids is 1. The predicted octanol–water partition coefficient (Wildman–Crippen LogP) is 3.95. The molecule has 0 aromatic carbocycles. The van der Waals surface area contributed by atoms with E-state index in [4.69, 9.17) is 4.98 Å². The monoisotopic (exact) mass is 329 g/mol. The fourth-order valence-corrected chi connectivity index (χ4v) is 7.52. The lowest BCUT2D eigenvalue weighted by molar-refractivity contribution is -0.139. The second-order valence-electron chi connectivity index (χ2n) is 5.25. The Bertz CT molecular complexity index is 503. The van der Waals surface area contributed by atoms with E-state index in [1.54, 1.807) is 11.3 Å². The number of carboxylic acid groups (broad SMARTS) is 1. The van der Waals surface area contributed by atoms with Gasteiger partial charge in [-0.15, -0.1) is 23.1 Å². The van der Waals surface area contributed by atoms with Crippen molar-refractivity contribution in [2.24, 2.45) is 0 Å². The van der Waals surface area contributed by atoms with Gasteiger partial charge in [-0.3, -0.25) is 4.79 Å². The zero-order valence-electron chi connectivity index (χ0n) is 11.5. The van der Waals surface area contributed by atoms with E-state index in [1.165, 1.54) is 21.4 Å². The van der Waals surface area contributed by atoms with Crippen LogP contribution in [0.2, 0.25) is 0 Å². The number of carbonyl (C=O) groups is 1. The molecule has 3 rings (SSSR count). The third-order valence-corrected chi connectivity index (χ3v) is 8.58. The Balaban J connectivity index is 1.90. The van der Waals surface area contributed by atoms with Crippen LogP contribution in [0.1, 0.15) is 52.9 Å². The fourth-order valence-electron chi connectivity index (χ4n) is 2.93. The number of aryl methyl sites for hydroxylation is 1. The first kappa shape index (κ1) is 14.7. The van der Waals surface area contributed by atoms with Crippen molar-refractivity contribution in [3.63, 3.8) is 0 Å². The summed E-state index contributed by atoms with van der Waals surface area (Å²) in [6.45, 7) is 2.24. The second-order valence-corrected chi connectivity index (χ2v) is 8.96. The lowest BCUT2D eigenvalue weighted by atomic mass is 9.91. The van der Waals surface area contributed by atoms with Gasteiger partial charge in [-0.25, -0.2) is 4.98 Å². The normalized spacial score (nSPS) is 29.9. The minimum atomic E-state index is -0.708. The minimum absolute atomic E-state index is 0.370. The van der Waals surface area contributed by atoms with Crippen LogP contribution in [-0.4, -0.2) is 32.8 Å². The summed E-state index contributed by atoms with van der Waals surface area (Å²) in [4.78, 5) is 17.4. The van der Waals surface area contributed by atoms with Crippen molar-refractivity contribution in [3.05, 3.63) is 15.6 Å². The number of aromatic nitrogens is 1. The summed E-state index contributed by atoms with van der Waals surface area (Å²) in [6.07, 6.45) is 3.90. The van der Waals surface area contributed by atoms with Crippen LogP contribution in [0.25, 0.3) is 0 Å². The molecule has 1 saturated heterocycles. The van der Waals surface area contributed by atoms with Gasteiger partial charge in [0.25, 0.3) is 0 Å². The Morgan fingerprint density at radius 3 is 2.95 bits per heavy atom. The first-order valence-corrected chi connectivity index (χ1v) is 10.1. The molecule has 1 aromatic heterocycles. The summed E-state index contributed by atoms with van der Waals surface area (Å²) < 4.78 is 0. The molecule has 0 saturated carbocycles. The van der Waals surface area contributed by atoms with Gasteiger partial charge in [-0.05, 0) is 25.7 Å².